The lowest BCUT2D eigenvalue weighted by atomic mass is 9.97. The summed E-state index contributed by atoms with van der Waals surface area (Å²) in [5.74, 6) is 1.15. The van der Waals surface area contributed by atoms with Crippen LogP contribution in [0, 0.1) is 11.8 Å². The number of hydrogen-bond acceptors (Lipinski definition) is 3. The first-order valence-corrected chi connectivity index (χ1v) is 5.18. The summed E-state index contributed by atoms with van der Waals surface area (Å²) in [6.45, 7) is 3.77. The fourth-order valence-electron chi connectivity index (χ4n) is 1.86. The van der Waals surface area contributed by atoms with Crippen molar-refractivity contribution < 1.29 is 4.79 Å². The van der Waals surface area contributed by atoms with E-state index in [4.69, 9.17) is 0 Å². The van der Waals surface area contributed by atoms with E-state index >= 15 is 0 Å². The van der Waals surface area contributed by atoms with E-state index in [0.717, 1.165) is 13.1 Å². The third kappa shape index (κ3) is 2.18. The third-order valence-electron chi connectivity index (χ3n) is 2.82. The number of carbonyl (C=O) groups is 1. The van der Waals surface area contributed by atoms with Crippen molar-refractivity contribution in [2.75, 3.05) is 18.4 Å². The van der Waals surface area contributed by atoms with Crippen molar-refractivity contribution in [1.82, 2.24) is 15.1 Å². The number of nitrogens with one attached hydrogen (secondary N) is 2. The number of amides is 1. The second kappa shape index (κ2) is 4.02. The van der Waals surface area contributed by atoms with Crippen molar-refractivity contribution in [1.29, 1.82) is 0 Å². The molecule has 0 unspecified atom stereocenters. The van der Waals surface area contributed by atoms with Crippen molar-refractivity contribution in [2.24, 2.45) is 18.9 Å². The molecule has 2 atom stereocenters. The van der Waals surface area contributed by atoms with Gasteiger partial charge < -0.3 is 10.6 Å². The van der Waals surface area contributed by atoms with Gasteiger partial charge in [0.25, 0.3) is 0 Å². The van der Waals surface area contributed by atoms with E-state index in [2.05, 4.69) is 22.7 Å². The van der Waals surface area contributed by atoms with Crippen LogP contribution in [0.4, 0.5) is 5.82 Å². The predicted molar refractivity (Wildman–Crippen MR) is 57.4 cm³/mol. The molecule has 2 rings (SSSR count). The Morgan fingerprint density at radius 1 is 1.67 bits per heavy atom. The van der Waals surface area contributed by atoms with Gasteiger partial charge in [-0.3, -0.25) is 9.48 Å². The zero-order valence-corrected chi connectivity index (χ0v) is 9.03. The van der Waals surface area contributed by atoms with Crippen molar-refractivity contribution in [2.45, 2.75) is 6.92 Å². The number of carbonyl (C=O) groups excluding carboxylic acids is 1. The molecule has 5 heteroatoms. The van der Waals surface area contributed by atoms with Crippen molar-refractivity contribution in [3.8, 4) is 0 Å². The highest BCUT2D eigenvalue weighted by atomic mass is 16.2. The van der Waals surface area contributed by atoms with Gasteiger partial charge in [0, 0.05) is 25.9 Å². The molecule has 1 aromatic heterocycles. The van der Waals surface area contributed by atoms with Gasteiger partial charge >= 0.3 is 0 Å². The van der Waals surface area contributed by atoms with Gasteiger partial charge in [0.2, 0.25) is 5.91 Å². The van der Waals surface area contributed by atoms with Crippen LogP contribution in [0.15, 0.2) is 12.3 Å². The number of aromatic nitrogens is 2. The van der Waals surface area contributed by atoms with Gasteiger partial charge in [0.15, 0.2) is 5.82 Å². The summed E-state index contributed by atoms with van der Waals surface area (Å²) in [4.78, 5) is 11.8. The largest absolute Gasteiger partial charge is 0.316 e. The molecule has 1 aromatic rings. The average molecular weight is 208 g/mol. The topological polar surface area (TPSA) is 59.0 Å². The second-order valence-corrected chi connectivity index (χ2v) is 4.11. The summed E-state index contributed by atoms with van der Waals surface area (Å²) in [6.07, 6.45) is 1.81. The van der Waals surface area contributed by atoms with Gasteiger partial charge in [0.05, 0.1) is 5.92 Å². The molecule has 0 aromatic carbocycles. The molecule has 0 saturated carbocycles. The van der Waals surface area contributed by atoms with Crippen LogP contribution < -0.4 is 10.6 Å². The van der Waals surface area contributed by atoms with E-state index in [0.29, 0.717) is 11.7 Å². The Morgan fingerprint density at radius 2 is 2.47 bits per heavy atom. The molecule has 1 aliphatic rings. The minimum absolute atomic E-state index is 0.0613. The molecular weight excluding hydrogens is 192 g/mol. The molecule has 0 bridgehead atoms. The van der Waals surface area contributed by atoms with Crippen molar-refractivity contribution in [3.05, 3.63) is 12.3 Å². The zero-order valence-electron chi connectivity index (χ0n) is 9.03. The first-order valence-electron chi connectivity index (χ1n) is 5.18. The van der Waals surface area contributed by atoms with Crippen LogP contribution in [0.2, 0.25) is 0 Å². The molecule has 1 fully saturated rings. The molecule has 15 heavy (non-hydrogen) atoms. The minimum Gasteiger partial charge on any atom is -0.316 e. The molecular formula is C10H16N4O. The second-order valence-electron chi connectivity index (χ2n) is 4.11. The molecule has 0 radical (unpaired) electrons. The van der Waals surface area contributed by atoms with Gasteiger partial charge in [-0.15, -0.1) is 0 Å². The van der Waals surface area contributed by atoms with E-state index in [-0.39, 0.29) is 11.8 Å². The van der Waals surface area contributed by atoms with Crippen molar-refractivity contribution >= 4 is 11.7 Å². The molecule has 0 aliphatic carbocycles. The maximum absolute atomic E-state index is 11.8. The van der Waals surface area contributed by atoms with Crippen LogP contribution in [0.3, 0.4) is 0 Å². The third-order valence-corrected chi connectivity index (χ3v) is 2.82. The lowest BCUT2D eigenvalue weighted by Crippen LogP contribution is -2.28. The highest BCUT2D eigenvalue weighted by molar-refractivity contribution is 5.92. The fourth-order valence-corrected chi connectivity index (χ4v) is 1.86. The quantitative estimate of drug-likeness (QED) is 0.730. The Balaban J connectivity index is 1.97. The molecule has 1 aliphatic heterocycles. The number of aryl methyl sites for hydroxylation is 1. The predicted octanol–water partition coefficient (Wildman–Crippen LogP) is 0.214. The molecule has 1 saturated heterocycles. The van der Waals surface area contributed by atoms with Gasteiger partial charge in [0.1, 0.15) is 0 Å². The molecule has 5 nitrogen and oxygen atoms in total. The monoisotopic (exact) mass is 208 g/mol. The molecule has 1 amide bonds. The van der Waals surface area contributed by atoms with Gasteiger partial charge in [-0.2, -0.15) is 5.10 Å². The Bertz CT molecular complexity index is 360. The minimum atomic E-state index is 0.0613. The first kappa shape index (κ1) is 10.2. The summed E-state index contributed by atoms with van der Waals surface area (Å²) in [5, 5.41) is 10.1. The molecule has 82 valence electrons. The van der Waals surface area contributed by atoms with Crippen LogP contribution in [-0.4, -0.2) is 28.8 Å². The SMILES string of the molecule is C[C@@H]1CNC[C@H]1C(=O)Nc1ccn(C)n1. The smallest absolute Gasteiger partial charge is 0.230 e. The maximum Gasteiger partial charge on any atom is 0.230 e. The van der Waals surface area contributed by atoms with E-state index in [1.807, 2.05) is 13.2 Å². The highest BCUT2D eigenvalue weighted by Crippen LogP contribution is 2.17. The van der Waals surface area contributed by atoms with Gasteiger partial charge in [-0.05, 0) is 12.5 Å². The maximum atomic E-state index is 11.8. The standard InChI is InChI=1S/C10H16N4O/c1-7-5-11-6-8(7)10(15)12-9-3-4-14(2)13-9/h3-4,7-8,11H,5-6H2,1-2H3,(H,12,13,15)/t7-,8-/m1/s1. The highest BCUT2D eigenvalue weighted by Gasteiger charge is 2.29. The first-order chi connectivity index (χ1) is 7.16. The lowest BCUT2D eigenvalue weighted by Gasteiger charge is -2.12. The molecule has 2 heterocycles. The summed E-state index contributed by atoms with van der Waals surface area (Å²) in [7, 11) is 1.83. The van der Waals surface area contributed by atoms with Crippen LogP contribution in [0.1, 0.15) is 6.92 Å². The normalized spacial score (nSPS) is 25.5. The number of hydrogen-bond donors (Lipinski definition) is 2. The van der Waals surface area contributed by atoms with E-state index in [1.54, 1.807) is 10.7 Å². The summed E-state index contributed by atoms with van der Waals surface area (Å²) >= 11 is 0. The Labute approximate surface area is 88.8 Å². The molecule has 2 N–H and O–H groups in total. The molecule has 0 spiro atoms. The van der Waals surface area contributed by atoms with Crippen molar-refractivity contribution in [3.63, 3.8) is 0 Å². The Morgan fingerprint density at radius 3 is 3.00 bits per heavy atom. The van der Waals surface area contributed by atoms with E-state index < -0.39 is 0 Å². The van der Waals surface area contributed by atoms with E-state index in [9.17, 15) is 4.79 Å². The van der Waals surface area contributed by atoms with E-state index in [1.165, 1.54) is 0 Å². The summed E-state index contributed by atoms with van der Waals surface area (Å²) in [6, 6.07) is 1.80. The van der Waals surface area contributed by atoms with Crippen LogP contribution in [0.25, 0.3) is 0 Å². The number of rotatable bonds is 2. The fraction of sp³-hybridized carbons (Fsp3) is 0.600. The van der Waals surface area contributed by atoms with Gasteiger partial charge in [-0.1, -0.05) is 6.92 Å². The summed E-state index contributed by atoms with van der Waals surface area (Å²) in [5.41, 5.74) is 0. The van der Waals surface area contributed by atoms with Crippen LogP contribution >= 0.6 is 0 Å². The van der Waals surface area contributed by atoms with Crippen LogP contribution in [0.5, 0.6) is 0 Å². The lowest BCUT2D eigenvalue weighted by molar-refractivity contribution is -0.120. The summed E-state index contributed by atoms with van der Waals surface area (Å²) < 4.78 is 1.67. The zero-order chi connectivity index (χ0) is 10.8. The number of nitrogens with zero attached hydrogens (tertiary/aromatic N) is 2. The Kier molecular flexibility index (Phi) is 2.73. The van der Waals surface area contributed by atoms with Crippen LogP contribution in [-0.2, 0) is 11.8 Å². The Hall–Kier alpha value is -1.36. The number of anilines is 1. The average Bonchev–Trinajstić information content (AvgIpc) is 2.75. The van der Waals surface area contributed by atoms with Gasteiger partial charge in [-0.25, -0.2) is 0 Å².